The van der Waals surface area contributed by atoms with Crippen LogP contribution in [0.2, 0.25) is 0 Å². The second-order valence-corrected chi connectivity index (χ2v) is 4.79. The summed E-state index contributed by atoms with van der Waals surface area (Å²) in [6.45, 7) is 0. The zero-order valence-corrected chi connectivity index (χ0v) is 11.2. The molecule has 0 aliphatic rings. The van der Waals surface area contributed by atoms with Crippen LogP contribution >= 0.6 is 0 Å². The van der Waals surface area contributed by atoms with Crippen molar-refractivity contribution in [2.45, 2.75) is 12.6 Å². The maximum Gasteiger partial charge on any atom is 0.416 e. The number of carbonyl (C=O) groups is 1. The van der Waals surface area contributed by atoms with Gasteiger partial charge in [-0.3, -0.25) is 4.79 Å². The molecule has 2 aromatic heterocycles. The molecule has 1 aromatic carbocycles. The number of hydrogen-bond donors (Lipinski definition) is 0. The smallest absolute Gasteiger partial charge is 0.298 e. The summed E-state index contributed by atoms with van der Waals surface area (Å²) in [4.78, 5) is 14.9. The minimum Gasteiger partial charge on any atom is -0.298 e. The van der Waals surface area contributed by atoms with E-state index in [0.717, 1.165) is 12.1 Å². The molecule has 7 heteroatoms. The molecule has 22 heavy (non-hydrogen) atoms. The van der Waals surface area contributed by atoms with Crippen molar-refractivity contribution < 1.29 is 18.0 Å². The van der Waals surface area contributed by atoms with Crippen LogP contribution in [0.4, 0.5) is 13.2 Å². The minimum atomic E-state index is -4.37. The molecule has 2 heterocycles. The normalized spacial score (nSPS) is 11.8. The molecule has 3 rings (SSSR count). The number of aromatic nitrogens is 3. The fraction of sp³-hybridized carbons (Fsp3) is 0.133. The minimum absolute atomic E-state index is 0.183. The molecule has 0 spiro atoms. The van der Waals surface area contributed by atoms with Gasteiger partial charge >= 0.3 is 6.18 Å². The van der Waals surface area contributed by atoms with Crippen LogP contribution in [0.1, 0.15) is 27.3 Å². The Morgan fingerprint density at radius 1 is 1.18 bits per heavy atom. The van der Waals surface area contributed by atoms with Crippen molar-refractivity contribution in [1.82, 2.24) is 14.6 Å². The highest BCUT2D eigenvalue weighted by atomic mass is 19.4. The molecule has 0 saturated heterocycles. The van der Waals surface area contributed by atoms with Gasteiger partial charge < -0.3 is 0 Å². The van der Waals surface area contributed by atoms with E-state index in [9.17, 15) is 18.0 Å². The van der Waals surface area contributed by atoms with Crippen molar-refractivity contribution in [3.05, 3.63) is 65.1 Å². The Balaban J connectivity index is 1.91. The molecule has 0 atom stereocenters. The van der Waals surface area contributed by atoms with E-state index in [1.54, 1.807) is 18.2 Å². The van der Waals surface area contributed by atoms with Gasteiger partial charge in [-0.1, -0.05) is 18.2 Å². The van der Waals surface area contributed by atoms with Crippen LogP contribution in [-0.2, 0) is 12.6 Å². The molecule has 112 valence electrons. The molecule has 0 aliphatic heterocycles. The van der Waals surface area contributed by atoms with Gasteiger partial charge in [0.15, 0.2) is 17.8 Å². The highest BCUT2D eigenvalue weighted by Crippen LogP contribution is 2.29. The zero-order valence-electron chi connectivity index (χ0n) is 11.2. The maximum absolute atomic E-state index is 12.7. The Morgan fingerprint density at radius 2 is 2.00 bits per heavy atom. The van der Waals surface area contributed by atoms with E-state index in [1.807, 2.05) is 0 Å². The van der Waals surface area contributed by atoms with Gasteiger partial charge in [-0.15, -0.1) is 0 Å². The standard InChI is InChI=1S/C15H10F3N3O/c16-15(17,18)12-3-1-2-10(6-12)7-13-19-14-5-4-11(9-22)8-21(14)20-13/h1-6,8-9H,7H2. The number of halogens is 3. The molecule has 0 radical (unpaired) electrons. The van der Waals surface area contributed by atoms with E-state index in [1.165, 1.54) is 16.8 Å². The third kappa shape index (κ3) is 2.83. The van der Waals surface area contributed by atoms with Crippen LogP contribution in [-0.4, -0.2) is 20.9 Å². The van der Waals surface area contributed by atoms with Gasteiger partial charge in [0.2, 0.25) is 0 Å². The molecule has 3 aromatic rings. The molecular formula is C15H10F3N3O. The Morgan fingerprint density at radius 3 is 2.73 bits per heavy atom. The van der Waals surface area contributed by atoms with Crippen molar-refractivity contribution in [3.8, 4) is 0 Å². The topological polar surface area (TPSA) is 47.3 Å². The summed E-state index contributed by atoms with van der Waals surface area (Å²) in [5.74, 6) is 0.391. The Labute approximate surface area is 123 Å². The largest absolute Gasteiger partial charge is 0.416 e. The number of aldehydes is 1. The average Bonchev–Trinajstić information content (AvgIpc) is 2.87. The summed E-state index contributed by atoms with van der Waals surface area (Å²) in [5, 5.41) is 4.17. The van der Waals surface area contributed by atoms with Gasteiger partial charge in [0.25, 0.3) is 0 Å². The molecule has 0 amide bonds. The number of carbonyl (C=O) groups excluding carboxylic acids is 1. The summed E-state index contributed by atoms with van der Waals surface area (Å²) in [7, 11) is 0. The number of benzene rings is 1. The summed E-state index contributed by atoms with van der Waals surface area (Å²) in [6, 6.07) is 8.30. The van der Waals surface area contributed by atoms with E-state index in [4.69, 9.17) is 0 Å². The van der Waals surface area contributed by atoms with Crippen molar-refractivity contribution in [3.63, 3.8) is 0 Å². The van der Waals surface area contributed by atoms with Crippen molar-refractivity contribution in [1.29, 1.82) is 0 Å². The summed E-state index contributed by atoms with van der Waals surface area (Å²) in [5.41, 5.74) is 0.758. The highest BCUT2D eigenvalue weighted by Gasteiger charge is 2.30. The molecule has 0 bridgehead atoms. The fourth-order valence-electron chi connectivity index (χ4n) is 2.13. The lowest BCUT2D eigenvalue weighted by atomic mass is 10.1. The van der Waals surface area contributed by atoms with Gasteiger partial charge in [-0.25, -0.2) is 9.50 Å². The highest BCUT2D eigenvalue weighted by molar-refractivity contribution is 5.74. The number of pyridine rings is 1. The fourth-order valence-corrected chi connectivity index (χ4v) is 2.13. The van der Waals surface area contributed by atoms with Crippen molar-refractivity contribution in [2.24, 2.45) is 0 Å². The first-order valence-corrected chi connectivity index (χ1v) is 6.42. The van der Waals surface area contributed by atoms with Gasteiger partial charge in [0.1, 0.15) is 0 Å². The van der Waals surface area contributed by atoms with E-state index in [-0.39, 0.29) is 6.42 Å². The molecule has 0 saturated carbocycles. The summed E-state index contributed by atoms with van der Waals surface area (Å²) in [6.07, 6.45) is -1.98. The maximum atomic E-state index is 12.7. The Bertz CT molecular complexity index is 839. The van der Waals surface area contributed by atoms with Gasteiger partial charge in [-0.2, -0.15) is 18.3 Å². The van der Waals surface area contributed by atoms with Gasteiger partial charge in [0.05, 0.1) is 5.56 Å². The molecule has 0 unspecified atom stereocenters. The van der Waals surface area contributed by atoms with Crippen LogP contribution in [0.15, 0.2) is 42.6 Å². The molecular weight excluding hydrogens is 295 g/mol. The van der Waals surface area contributed by atoms with Crippen molar-refractivity contribution in [2.75, 3.05) is 0 Å². The van der Waals surface area contributed by atoms with Crippen molar-refractivity contribution >= 4 is 11.9 Å². The number of nitrogens with zero attached hydrogens (tertiary/aromatic N) is 3. The monoisotopic (exact) mass is 305 g/mol. The third-order valence-corrected chi connectivity index (χ3v) is 3.15. The predicted octanol–water partition coefficient (Wildman–Crippen LogP) is 3.15. The van der Waals surface area contributed by atoms with Crippen LogP contribution in [0.5, 0.6) is 0 Å². The number of hydrogen-bond acceptors (Lipinski definition) is 3. The SMILES string of the molecule is O=Cc1ccc2nc(Cc3cccc(C(F)(F)F)c3)nn2c1. The second kappa shape index (κ2) is 5.25. The lowest BCUT2D eigenvalue weighted by molar-refractivity contribution is -0.137. The number of rotatable bonds is 3. The van der Waals surface area contributed by atoms with E-state index in [2.05, 4.69) is 10.1 Å². The predicted molar refractivity (Wildman–Crippen MR) is 72.6 cm³/mol. The zero-order chi connectivity index (χ0) is 15.7. The molecule has 0 aliphatic carbocycles. The van der Waals surface area contributed by atoms with Gasteiger partial charge in [-0.05, 0) is 23.8 Å². The van der Waals surface area contributed by atoms with Crippen LogP contribution in [0.25, 0.3) is 5.65 Å². The van der Waals surface area contributed by atoms with E-state index < -0.39 is 11.7 Å². The number of alkyl halides is 3. The Kier molecular flexibility index (Phi) is 3.40. The lowest BCUT2D eigenvalue weighted by Crippen LogP contribution is -2.05. The summed E-state index contributed by atoms with van der Waals surface area (Å²) < 4.78 is 39.5. The summed E-state index contributed by atoms with van der Waals surface area (Å²) >= 11 is 0. The van der Waals surface area contributed by atoms with Crippen LogP contribution in [0, 0.1) is 0 Å². The van der Waals surface area contributed by atoms with E-state index >= 15 is 0 Å². The lowest BCUT2D eigenvalue weighted by Gasteiger charge is -2.07. The first-order chi connectivity index (χ1) is 10.5. The molecule has 0 N–H and O–H groups in total. The van der Waals surface area contributed by atoms with E-state index in [0.29, 0.717) is 28.9 Å². The first kappa shape index (κ1) is 14.2. The Hall–Kier alpha value is -2.70. The molecule has 0 fully saturated rings. The van der Waals surface area contributed by atoms with Crippen LogP contribution < -0.4 is 0 Å². The average molecular weight is 305 g/mol. The third-order valence-electron chi connectivity index (χ3n) is 3.15. The quantitative estimate of drug-likeness (QED) is 0.698. The first-order valence-electron chi connectivity index (χ1n) is 6.42. The van der Waals surface area contributed by atoms with Crippen LogP contribution in [0.3, 0.4) is 0 Å². The second-order valence-electron chi connectivity index (χ2n) is 4.79. The van der Waals surface area contributed by atoms with Gasteiger partial charge in [0, 0.05) is 18.2 Å². The number of fused-ring (bicyclic) bond motifs is 1. The molecule has 4 nitrogen and oxygen atoms in total.